The van der Waals surface area contributed by atoms with E-state index in [1.54, 1.807) is 12.1 Å². The minimum Gasteiger partial charge on any atom is -0.508 e. The second kappa shape index (κ2) is 5.93. The molecule has 2 N–H and O–H groups in total. The molecule has 1 saturated heterocycles. The second-order valence-electron chi connectivity index (χ2n) is 5.97. The van der Waals surface area contributed by atoms with E-state index in [-0.39, 0.29) is 0 Å². The number of hydrogen-bond acceptors (Lipinski definition) is 4. The molecule has 0 atom stereocenters. The first-order valence-electron chi connectivity index (χ1n) is 7.99. The topological polar surface area (TPSA) is 52.8 Å². The number of rotatable bonds is 3. The molecule has 0 spiro atoms. The monoisotopic (exact) mass is 308 g/mol. The van der Waals surface area contributed by atoms with E-state index < -0.39 is 0 Å². The number of aromatic hydroxyl groups is 1. The van der Waals surface area contributed by atoms with Gasteiger partial charge in [-0.25, -0.2) is 4.98 Å². The van der Waals surface area contributed by atoms with Crippen LogP contribution in [0.1, 0.15) is 11.3 Å². The summed E-state index contributed by atoms with van der Waals surface area (Å²) in [7, 11) is 0. The van der Waals surface area contributed by atoms with Crippen molar-refractivity contribution in [3.8, 4) is 5.75 Å². The lowest BCUT2D eigenvalue weighted by Gasteiger charge is -2.29. The molecule has 1 fully saturated rings. The number of imidazole rings is 1. The van der Waals surface area contributed by atoms with Crippen molar-refractivity contribution in [3.63, 3.8) is 0 Å². The van der Waals surface area contributed by atoms with Gasteiger partial charge in [0.25, 0.3) is 0 Å². The number of piperazine rings is 1. The molecule has 5 heteroatoms. The van der Waals surface area contributed by atoms with Gasteiger partial charge in [0.2, 0.25) is 0 Å². The predicted octanol–water partition coefficient (Wildman–Crippen LogP) is 2.04. The van der Waals surface area contributed by atoms with E-state index in [1.165, 1.54) is 5.69 Å². The summed E-state index contributed by atoms with van der Waals surface area (Å²) in [5.41, 5.74) is 4.27. The minimum atomic E-state index is 0.298. The normalized spacial score (nSPS) is 15.2. The summed E-state index contributed by atoms with van der Waals surface area (Å²) in [4.78, 5) is 7.12. The fourth-order valence-electron chi connectivity index (χ4n) is 3.10. The maximum atomic E-state index is 9.58. The lowest BCUT2D eigenvalue weighted by Crippen LogP contribution is -2.43. The lowest BCUT2D eigenvalue weighted by molar-refractivity contribution is 0.474. The maximum Gasteiger partial charge on any atom is 0.139 e. The number of fused-ring (bicyclic) bond motifs is 1. The predicted molar refractivity (Wildman–Crippen MR) is 91.2 cm³/mol. The Balaban J connectivity index is 1.60. The summed E-state index contributed by atoms with van der Waals surface area (Å²) < 4.78 is 2.06. The molecule has 0 bridgehead atoms. The molecule has 4 rings (SSSR count). The molecule has 0 amide bonds. The SMILES string of the molecule is Oc1cccc(Cc2cn3ccc(N4CCNCC4)cc3n2)c1. The van der Waals surface area contributed by atoms with Crippen molar-refractivity contribution in [2.75, 3.05) is 31.1 Å². The summed E-state index contributed by atoms with van der Waals surface area (Å²) in [5.74, 6) is 0.298. The highest BCUT2D eigenvalue weighted by molar-refractivity contribution is 5.57. The Morgan fingerprint density at radius 1 is 1.13 bits per heavy atom. The van der Waals surface area contributed by atoms with Gasteiger partial charge in [-0.1, -0.05) is 12.1 Å². The van der Waals surface area contributed by atoms with Crippen LogP contribution in [0.25, 0.3) is 5.65 Å². The first-order valence-corrected chi connectivity index (χ1v) is 7.99. The van der Waals surface area contributed by atoms with Crippen LogP contribution in [0.2, 0.25) is 0 Å². The zero-order valence-electron chi connectivity index (χ0n) is 12.9. The lowest BCUT2D eigenvalue weighted by atomic mass is 10.1. The Morgan fingerprint density at radius 2 is 2.00 bits per heavy atom. The zero-order valence-corrected chi connectivity index (χ0v) is 12.9. The molecule has 1 aliphatic rings. The first-order chi connectivity index (χ1) is 11.3. The molecular weight excluding hydrogens is 288 g/mol. The molecule has 5 nitrogen and oxygen atoms in total. The Bertz CT molecular complexity index is 821. The molecule has 118 valence electrons. The van der Waals surface area contributed by atoms with E-state index in [1.807, 2.05) is 12.1 Å². The third-order valence-corrected chi connectivity index (χ3v) is 4.27. The summed E-state index contributed by atoms with van der Waals surface area (Å²) in [6.07, 6.45) is 4.85. The van der Waals surface area contributed by atoms with Gasteiger partial charge in [0.05, 0.1) is 5.69 Å². The molecule has 3 aromatic rings. The highest BCUT2D eigenvalue weighted by Crippen LogP contribution is 2.19. The van der Waals surface area contributed by atoms with Gasteiger partial charge in [0, 0.05) is 56.7 Å². The number of nitrogens with one attached hydrogen (secondary N) is 1. The first kappa shape index (κ1) is 14.1. The Labute approximate surface area is 135 Å². The molecular formula is C18H20N4O. The standard InChI is InChI=1S/C18H20N4O/c23-17-3-1-2-14(11-17)10-15-13-22-7-4-16(12-18(22)20-15)21-8-5-19-6-9-21/h1-4,7,11-13,19,23H,5-6,8-10H2. The van der Waals surface area contributed by atoms with Crippen molar-refractivity contribution < 1.29 is 5.11 Å². The van der Waals surface area contributed by atoms with E-state index in [9.17, 15) is 5.11 Å². The molecule has 2 aromatic heterocycles. The van der Waals surface area contributed by atoms with Gasteiger partial charge in [0.15, 0.2) is 0 Å². The van der Waals surface area contributed by atoms with Crippen LogP contribution in [-0.2, 0) is 6.42 Å². The summed E-state index contributed by atoms with van der Waals surface area (Å²) in [6.45, 7) is 4.13. The smallest absolute Gasteiger partial charge is 0.139 e. The van der Waals surface area contributed by atoms with E-state index in [2.05, 4.69) is 39.1 Å². The van der Waals surface area contributed by atoms with Gasteiger partial charge in [-0.3, -0.25) is 0 Å². The van der Waals surface area contributed by atoms with Gasteiger partial charge >= 0.3 is 0 Å². The second-order valence-corrected chi connectivity index (χ2v) is 5.97. The van der Waals surface area contributed by atoms with E-state index in [0.717, 1.165) is 49.5 Å². The fraction of sp³-hybridized carbons (Fsp3) is 0.278. The molecule has 0 radical (unpaired) electrons. The van der Waals surface area contributed by atoms with E-state index in [0.29, 0.717) is 5.75 Å². The van der Waals surface area contributed by atoms with Crippen LogP contribution in [0.5, 0.6) is 5.75 Å². The fourth-order valence-corrected chi connectivity index (χ4v) is 3.10. The number of pyridine rings is 1. The van der Waals surface area contributed by atoms with Crippen molar-refractivity contribution in [3.05, 3.63) is 60.0 Å². The average molecular weight is 308 g/mol. The molecule has 0 saturated carbocycles. The Hall–Kier alpha value is -2.53. The largest absolute Gasteiger partial charge is 0.508 e. The summed E-state index contributed by atoms with van der Waals surface area (Å²) in [6, 6.07) is 11.7. The summed E-state index contributed by atoms with van der Waals surface area (Å²) >= 11 is 0. The van der Waals surface area contributed by atoms with Gasteiger partial charge in [-0.05, 0) is 23.8 Å². The molecule has 0 aliphatic carbocycles. The number of aromatic nitrogens is 2. The number of nitrogens with zero attached hydrogens (tertiary/aromatic N) is 3. The molecule has 0 unspecified atom stereocenters. The van der Waals surface area contributed by atoms with E-state index in [4.69, 9.17) is 4.98 Å². The van der Waals surface area contributed by atoms with Crippen LogP contribution >= 0.6 is 0 Å². The number of anilines is 1. The van der Waals surface area contributed by atoms with Crippen LogP contribution in [-0.4, -0.2) is 40.7 Å². The zero-order chi connectivity index (χ0) is 15.6. The Kier molecular flexibility index (Phi) is 3.63. The van der Waals surface area contributed by atoms with Crippen LogP contribution in [0, 0.1) is 0 Å². The number of phenols is 1. The molecule has 3 heterocycles. The van der Waals surface area contributed by atoms with Crippen LogP contribution in [0.15, 0.2) is 48.8 Å². The van der Waals surface area contributed by atoms with Gasteiger partial charge in [-0.2, -0.15) is 0 Å². The van der Waals surface area contributed by atoms with Gasteiger partial charge in [-0.15, -0.1) is 0 Å². The number of hydrogen-bond donors (Lipinski definition) is 2. The minimum absolute atomic E-state index is 0.298. The van der Waals surface area contributed by atoms with Gasteiger partial charge in [0.1, 0.15) is 11.4 Å². The number of benzene rings is 1. The van der Waals surface area contributed by atoms with Crippen molar-refractivity contribution in [2.24, 2.45) is 0 Å². The average Bonchev–Trinajstić information content (AvgIpc) is 2.97. The van der Waals surface area contributed by atoms with Crippen LogP contribution < -0.4 is 10.2 Å². The highest BCUT2D eigenvalue weighted by Gasteiger charge is 2.12. The molecule has 1 aliphatic heterocycles. The molecule has 1 aromatic carbocycles. The third-order valence-electron chi connectivity index (χ3n) is 4.27. The number of phenolic OH excluding ortho intramolecular Hbond substituents is 1. The quantitative estimate of drug-likeness (QED) is 0.777. The Morgan fingerprint density at radius 3 is 2.83 bits per heavy atom. The molecule has 23 heavy (non-hydrogen) atoms. The van der Waals surface area contributed by atoms with Crippen molar-refractivity contribution in [1.29, 1.82) is 0 Å². The van der Waals surface area contributed by atoms with Crippen molar-refractivity contribution in [1.82, 2.24) is 14.7 Å². The summed E-state index contributed by atoms with van der Waals surface area (Å²) in [5, 5.41) is 12.9. The third kappa shape index (κ3) is 3.00. The van der Waals surface area contributed by atoms with Crippen molar-refractivity contribution >= 4 is 11.3 Å². The van der Waals surface area contributed by atoms with Crippen molar-refractivity contribution in [2.45, 2.75) is 6.42 Å². The maximum absolute atomic E-state index is 9.58. The van der Waals surface area contributed by atoms with Crippen LogP contribution in [0.4, 0.5) is 5.69 Å². The van der Waals surface area contributed by atoms with Crippen LogP contribution in [0.3, 0.4) is 0 Å². The highest BCUT2D eigenvalue weighted by atomic mass is 16.3. The van der Waals surface area contributed by atoms with Gasteiger partial charge < -0.3 is 19.7 Å². The van der Waals surface area contributed by atoms with E-state index >= 15 is 0 Å².